The molecular weight excluding hydrogens is 389 g/mol. The summed E-state index contributed by atoms with van der Waals surface area (Å²) < 4.78 is 17.7. The quantitative estimate of drug-likeness (QED) is 0.568. The Morgan fingerprint density at radius 3 is 2.59 bits per heavy atom. The van der Waals surface area contributed by atoms with Crippen molar-refractivity contribution in [3.63, 3.8) is 0 Å². The van der Waals surface area contributed by atoms with Gasteiger partial charge in [-0.2, -0.15) is 0 Å². The molecule has 2 unspecified atom stereocenters. The Bertz CT molecular complexity index is 843. The Morgan fingerprint density at radius 1 is 1.22 bits per heavy atom. The van der Waals surface area contributed by atoms with Crippen molar-refractivity contribution in [2.75, 3.05) is 13.2 Å². The molecule has 2 aromatic carbocycles. The number of nitrogens with two attached hydrogens (primary N) is 1. The minimum Gasteiger partial charge on any atom is -0.457 e. The lowest BCUT2D eigenvalue weighted by molar-refractivity contribution is -0.166. The first-order valence-electron chi connectivity index (χ1n) is 8.29. The van der Waals surface area contributed by atoms with Crippen LogP contribution in [0.2, 0.25) is 10.0 Å². The number of ether oxygens (including phenoxy) is 3. The zero-order chi connectivity index (χ0) is 19.3. The van der Waals surface area contributed by atoms with E-state index < -0.39 is 5.79 Å². The van der Waals surface area contributed by atoms with Gasteiger partial charge in [0.15, 0.2) is 0 Å². The van der Waals surface area contributed by atoms with Crippen LogP contribution in [0.5, 0.6) is 11.5 Å². The average Bonchev–Trinajstić information content (AvgIpc) is 3.03. The lowest BCUT2D eigenvalue weighted by atomic mass is 10.1. The van der Waals surface area contributed by atoms with Crippen molar-refractivity contribution in [1.82, 2.24) is 0 Å². The molecule has 2 N–H and O–H groups in total. The maximum Gasteiger partial charge on any atom is 0.217 e. The van der Waals surface area contributed by atoms with Crippen LogP contribution < -0.4 is 10.5 Å². The highest BCUT2D eigenvalue weighted by Crippen LogP contribution is 2.40. The number of hydrogen-bond acceptors (Lipinski definition) is 4. The van der Waals surface area contributed by atoms with Crippen LogP contribution in [-0.2, 0) is 15.3 Å². The summed E-state index contributed by atoms with van der Waals surface area (Å²) in [6.07, 6.45) is 2.42. The Hall–Kier alpha value is -2.12. The van der Waals surface area contributed by atoms with Gasteiger partial charge in [-0.15, -0.1) is 0 Å². The molecule has 3 rings (SSSR count). The summed E-state index contributed by atoms with van der Waals surface area (Å²) in [6, 6.07) is 12.4. The van der Waals surface area contributed by atoms with E-state index in [1.165, 1.54) is 6.34 Å². The second-order valence-electron chi connectivity index (χ2n) is 5.94. The van der Waals surface area contributed by atoms with Gasteiger partial charge in [-0.3, -0.25) is 4.99 Å². The third-order valence-electron chi connectivity index (χ3n) is 3.88. The van der Waals surface area contributed by atoms with Crippen LogP contribution in [0, 0.1) is 0 Å². The predicted molar refractivity (Wildman–Crippen MR) is 107 cm³/mol. The maximum atomic E-state index is 6.52. The average molecular weight is 408 g/mol. The molecular formula is C19H19Cl2N3O3. The van der Waals surface area contributed by atoms with Gasteiger partial charge in [-0.05, 0) is 49.4 Å². The smallest absolute Gasteiger partial charge is 0.217 e. The van der Waals surface area contributed by atoms with E-state index in [0.29, 0.717) is 33.7 Å². The zero-order valence-electron chi connectivity index (χ0n) is 14.6. The van der Waals surface area contributed by atoms with Gasteiger partial charge >= 0.3 is 0 Å². The molecule has 2 aromatic rings. The number of hydrogen-bond donors (Lipinski definition) is 1. The van der Waals surface area contributed by atoms with Gasteiger partial charge in [-0.1, -0.05) is 23.2 Å². The van der Waals surface area contributed by atoms with E-state index in [1.807, 2.05) is 13.0 Å². The molecule has 1 aliphatic heterocycles. The van der Waals surface area contributed by atoms with Crippen molar-refractivity contribution >= 4 is 35.9 Å². The van der Waals surface area contributed by atoms with E-state index in [4.69, 9.17) is 43.1 Å². The molecule has 1 fully saturated rings. The van der Waals surface area contributed by atoms with Crippen LogP contribution in [0.25, 0.3) is 0 Å². The highest BCUT2D eigenvalue weighted by atomic mass is 35.5. The van der Waals surface area contributed by atoms with Crippen LogP contribution in [0.4, 0.5) is 0 Å². The molecule has 0 amide bonds. The van der Waals surface area contributed by atoms with Crippen molar-refractivity contribution in [1.29, 1.82) is 0 Å². The minimum absolute atomic E-state index is 0.0840. The summed E-state index contributed by atoms with van der Waals surface area (Å²) in [6.45, 7) is 2.57. The summed E-state index contributed by atoms with van der Waals surface area (Å²) in [4.78, 5) is 7.96. The highest BCUT2D eigenvalue weighted by Gasteiger charge is 2.43. The number of benzene rings is 2. The summed E-state index contributed by atoms with van der Waals surface area (Å²) in [5, 5.41) is 1.09. The fourth-order valence-corrected chi connectivity index (χ4v) is 3.15. The Labute approximate surface area is 167 Å². The molecule has 2 atom stereocenters. The van der Waals surface area contributed by atoms with Crippen molar-refractivity contribution in [2.45, 2.75) is 18.8 Å². The molecule has 0 saturated carbocycles. The number of nitrogens with zero attached hydrogens (tertiary/aromatic N) is 2. The van der Waals surface area contributed by atoms with E-state index in [-0.39, 0.29) is 12.6 Å². The summed E-state index contributed by atoms with van der Waals surface area (Å²) >= 11 is 12.4. The maximum absolute atomic E-state index is 6.52. The third-order valence-corrected chi connectivity index (χ3v) is 4.44. The molecule has 1 heterocycles. The topological polar surface area (TPSA) is 78.4 Å². The SMILES string of the molecule is CC1COC(CN=CN=CN)(c2ccc(Oc3ccc(Cl)cc3)cc2Cl)O1. The van der Waals surface area contributed by atoms with Crippen LogP contribution in [0.1, 0.15) is 12.5 Å². The van der Waals surface area contributed by atoms with Crippen molar-refractivity contribution in [3.8, 4) is 11.5 Å². The summed E-state index contributed by atoms with van der Waals surface area (Å²) in [5.41, 5.74) is 5.89. The van der Waals surface area contributed by atoms with E-state index in [1.54, 1.807) is 36.4 Å². The van der Waals surface area contributed by atoms with Gasteiger partial charge < -0.3 is 19.9 Å². The van der Waals surface area contributed by atoms with Gasteiger partial charge in [0.2, 0.25) is 5.79 Å². The molecule has 8 heteroatoms. The fourth-order valence-electron chi connectivity index (χ4n) is 2.71. The second kappa shape index (κ2) is 8.71. The van der Waals surface area contributed by atoms with Gasteiger partial charge in [0.05, 0.1) is 30.6 Å². The molecule has 0 spiro atoms. The first-order chi connectivity index (χ1) is 13.0. The lowest BCUT2D eigenvalue weighted by Crippen LogP contribution is -2.32. The second-order valence-corrected chi connectivity index (χ2v) is 6.79. The van der Waals surface area contributed by atoms with Crippen LogP contribution in [0.3, 0.4) is 0 Å². The van der Waals surface area contributed by atoms with Gasteiger partial charge in [0.1, 0.15) is 17.8 Å². The third kappa shape index (κ3) is 4.78. The van der Waals surface area contributed by atoms with E-state index in [2.05, 4.69) is 9.98 Å². The predicted octanol–water partition coefficient (Wildman–Crippen LogP) is 4.39. The van der Waals surface area contributed by atoms with Crippen LogP contribution in [0.15, 0.2) is 52.4 Å². The fraction of sp³-hybridized carbons (Fsp3) is 0.263. The number of rotatable bonds is 6. The zero-order valence-corrected chi connectivity index (χ0v) is 16.2. The van der Waals surface area contributed by atoms with Crippen molar-refractivity contribution in [3.05, 3.63) is 58.1 Å². The molecule has 0 aromatic heterocycles. The molecule has 0 bridgehead atoms. The van der Waals surface area contributed by atoms with E-state index >= 15 is 0 Å². The lowest BCUT2D eigenvalue weighted by Gasteiger charge is -2.27. The highest BCUT2D eigenvalue weighted by molar-refractivity contribution is 6.31. The summed E-state index contributed by atoms with van der Waals surface area (Å²) in [7, 11) is 0. The minimum atomic E-state index is -1.07. The first-order valence-corrected chi connectivity index (χ1v) is 9.05. The van der Waals surface area contributed by atoms with Crippen molar-refractivity contribution in [2.24, 2.45) is 15.7 Å². The first kappa shape index (κ1) is 19.6. The molecule has 0 radical (unpaired) electrons. The number of halogens is 2. The molecule has 1 saturated heterocycles. The van der Waals surface area contributed by atoms with Gasteiger partial charge in [0.25, 0.3) is 0 Å². The molecule has 1 aliphatic rings. The van der Waals surface area contributed by atoms with Crippen LogP contribution >= 0.6 is 23.2 Å². The molecule has 27 heavy (non-hydrogen) atoms. The van der Waals surface area contributed by atoms with E-state index in [0.717, 1.165) is 6.34 Å². The molecule has 142 valence electrons. The standard InChI is InChI=1S/C19H19Cl2N3O3/c1-13-9-25-19(27-13,10-23-12-24-11-22)17-7-6-16(8-18(17)21)26-15-4-2-14(20)3-5-15/h2-8,11-13H,9-10H2,1H3,(H2,22,23,24). The monoisotopic (exact) mass is 407 g/mol. The molecule has 0 aliphatic carbocycles. The Kier molecular flexibility index (Phi) is 6.34. The Morgan fingerprint density at radius 2 is 1.96 bits per heavy atom. The van der Waals surface area contributed by atoms with E-state index in [9.17, 15) is 0 Å². The van der Waals surface area contributed by atoms with Gasteiger partial charge in [-0.25, -0.2) is 4.99 Å². The van der Waals surface area contributed by atoms with Crippen LogP contribution in [-0.4, -0.2) is 31.9 Å². The largest absolute Gasteiger partial charge is 0.457 e. The van der Waals surface area contributed by atoms with Crippen molar-refractivity contribution < 1.29 is 14.2 Å². The Balaban J connectivity index is 1.84. The van der Waals surface area contributed by atoms with Gasteiger partial charge in [0, 0.05) is 10.6 Å². The molecule has 6 nitrogen and oxygen atoms in total. The normalized spacial score (nSPS) is 22.7. The number of aliphatic imine (C=N–C) groups is 2. The summed E-state index contributed by atoms with van der Waals surface area (Å²) in [5.74, 6) is 0.170.